The number of halogens is 2. The molecule has 0 aliphatic rings. The molecule has 0 amide bonds. The molecular formula is C20H15Cl2NS2. The minimum absolute atomic E-state index is 0.637. The second-order valence-electron chi connectivity index (χ2n) is 5.89. The van der Waals surface area contributed by atoms with Crippen molar-refractivity contribution in [1.29, 1.82) is 0 Å². The van der Waals surface area contributed by atoms with Gasteiger partial charge in [0.2, 0.25) is 0 Å². The number of benzene rings is 1. The molecule has 0 spiro atoms. The van der Waals surface area contributed by atoms with Crippen LogP contribution in [0.3, 0.4) is 0 Å². The Bertz CT molecular complexity index is 978. The Morgan fingerprint density at radius 2 is 1.16 bits per heavy atom. The largest absolute Gasteiger partial charge is 0.308 e. The topological polar surface area (TPSA) is 4.93 Å². The Hall–Kier alpha value is -1.52. The van der Waals surface area contributed by atoms with Crippen LogP contribution < -0.4 is 0 Å². The molecule has 1 aromatic carbocycles. The maximum atomic E-state index is 6.28. The summed E-state index contributed by atoms with van der Waals surface area (Å²) in [6.07, 6.45) is 0. The molecule has 25 heavy (non-hydrogen) atoms. The molecule has 0 saturated heterocycles. The number of nitrogens with zero attached hydrogens (tertiary/aromatic N) is 1. The molecule has 4 rings (SSSR count). The summed E-state index contributed by atoms with van der Waals surface area (Å²) in [5.74, 6) is 0. The first-order chi connectivity index (χ1) is 12.0. The minimum atomic E-state index is 0.637. The summed E-state index contributed by atoms with van der Waals surface area (Å²) in [5.41, 5.74) is 3.28. The standard InChI is InChI=1S/C20H15Cl2NS2/c1-12-3-7-19(24-12)17-5-6-18(20-8-4-13(2)25-20)23(17)16-10-14(21)9-15(22)11-16/h3-11H,1-2H3. The minimum Gasteiger partial charge on any atom is -0.308 e. The van der Waals surface area contributed by atoms with E-state index < -0.39 is 0 Å². The van der Waals surface area contributed by atoms with Crippen molar-refractivity contribution in [1.82, 2.24) is 4.57 Å². The maximum Gasteiger partial charge on any atom is 0.0635 e. The van der Waals surface area contributed by atoms with Gasteiger partial charge in [0.15, 0.2) is 0 Å². The normalized spacial score (nSPS) is 11.2. The van der Waals surface area contributed by atoms with Gasteiger partial charge in [-0.3, -0.25) is 0 Å². The third-order valence-corrected chi connectivity index (χ3v) is 6.45. The zero-order chi connectivity index (χ0) is 17.6. The number of aryl methyl sites for hydroxylation is 2. The van der Waals surface area contributed by atoms with Crippen molar-refractivity contribution in [3.8, 4) is 26.8 Å². The van der Waals surface area contributed by atoms with Crippen LogP contribution in [0, 0.1) is 13.8 Å². The molecule has 1 nitrogen and oxygen atoms in total. The first-order valence-corrected chi connectivity index (χ1v) is 10.2. The molecule has 0 aliphatic carbocycles. The zero-order valence-electron chi connectivity index (χ0n) is 13.7. The highest BCUT2D eigenvalue weighted by Crippen LogP contribution is 2.38. The third-order valence-electron chi connectivity index (χ3n) is 3.97. The highest BCUT2D eigenvalue weighted by atomic mass is 35.5. The van der Waals surface area contributed by atoms with E-state index in [2.05, 4.69) is 54.8 Å². The summed E-state index contributed by atoms with van der Waals surface area (Å²) in [4.78, 5) is 5.04. The lowest BCUT2D eigenvalue weighted by molar-refractivity contribution is 1.10. The Balaban J connectivity index is 1.99. The summed E-state index contributed by atoms with van der Waals surface area (Å²) >= 11 is 16.1. The molecule has 4 aromatic rings. The summed E-state index contributed by atoms with van der Waals surface area (Å²) in [5, 5.41) is 1.27. The predicted molar refractivity (Wildman–Crippen MR) is 112 cm³/mol. The molecule has 0 N–H and O–H groups in total. The van der Waals surface area contributed by atoms with Crippen molar-refractivity contribution in [3.63, 3.8) is 0 Å². The van der Waals surface area contributed by atoms with Gasteiger partial charge in [-0.2, -0.15) is 0 Å². The van der Waals surface area contributed by atoms with Crippen molar-refractivity contribution in [3.05, 3.63) is 74.4 Å². The Morgan fingerprint density at radius 3 is 1.56 bits per heavy atom. The number of hydrogen-bond acceptors (Lipinski definition) is 2. The number of rotatable bonds is 3. The van der Waals surface area contributed by atoms with E-state index >= 15 is 0 Å². The number of hydrogen-bond donors (Lipinski definition) is 0. The molecule has 0 bridgehead atoms. The van der Waals surface area contributed by atoms with E-state index in [1.807, 2.05) is 12.1 Å². The lowest BCUT2D eigenvalue weighted by Crippen LogP contribution is -1.98. The highest BCUT2D eigenvalue weighted by Gasteiger charge is 2.16. The van der Waals surface area contributed by atoms with Gasteiger partial charge in [0.25, 0.3) is 0 Å². The van der Waals surface area contributed by atoms with Gasteiger partial charge in [-0.1, -0.05) is 23.2 Å². The molecule has 3 aromatic heterocycles. The molecule has 0 unspecified atom stereocenters. The zero-order valence-corrected chi connectivity index (χ0v) is 16.9. The first-order valence-electron chi connectivity index (χ1n) is 7.83. The van der Waals surface area contributed by atoms with Crippen LogP contribution in [0.1, 0.15) is 9.75 Å². The van der Waals surface area contributed by atoms with Crippen LogP contribution in [0.25, 0.3) is 26.8 Å². The van der Waals surface area contributed by atoms with Gasteiger partial charge >= 0.3 is 0 Å². The Kier molecular flexibility index (Phi) is 4.50. The molecule has 5 heteroatoms. The van der Waals surface area contributed by atoms with Gasteiger partial charge in [-0.05, 0) is 68.4 Å². The van der Waals surface area contributed by atoms with Crippen LogP contribution in [-0.4, -0.2) is 4.57 Å². The second kappa shape index (κ2) is 6.65. The SMILES string of the molecule is Cc1ccc(-c2ccc(-c3ccc(C)s3)n2-c2cc(Cl)cc(Cl)c2)s1. The first kappa shape index (κ1) is 16.9. The second-order valence-corrected chi connectivity index (χ2v) is 9.34. The lowest BCUT2D eigenvalue weighted by Gasteiger charge is -2.13. The molecule has 0 atom stereocenters. The summed E-state index contributed by atoms with van der Waals surface area (Å²) < 4.78 is 2.24. The molecule has 126 valence electrons. The van der Waals surface area contributed by atoms with Crippen molar-refractivity contribution in [2.45, 2.75) is 13.8 Å². The van der Waals surface area contributed by atoms with Crippen molar-refractivity contribution in [2.24, 2.45) is 0 Å². The van der Waals surface area contributed by atoms with E-state index in [1.165, 1.54) is 19.5 Å². The van der Waals surface area contributed by atoms with Crippen LogP contribution in [0.5, 0.6) is 0 Å². The van der Waals surface area contributed by atoms with E-state index in [1.54, 1.807) is 28.7 Å². The van der Waals surface area contributed by atoms with E-state index in [0.29, 0.717) is 10.0 Å². The molecule has 0 saturated carbocycles. The van der Waals surface area contributed by atoms with Crippen molar-refractivity contribution in [2.75, 3.05) is 0 Å². The van der Waals surface area contributed by atoms with Gasteiger partial charge in [0.05, 0.1) is 21.1 Å². The van der Waals surface area contributed by atoms with Gasteiger partial charge in [0.1, 0.15) is 0 Å². The van der Waals surface area contributed by atoms with Crippen LogP contribution in [0.15, 0.2) is 54.6 Å². The van der Waals surface area contributed by atoms with Crippen molar-refractivity contribution >= 4 is 45.9 Å². The smallest absolute Gasteiger partial charge is 0.0635 e. The van der Waals surface area contributed by atoms with Crippen LogP contribution in [-0.2, 0) is 0 Å². The number of aromatic nitrogens is 1. The molecule has 0 fully saturated rings. The van der Waals surface area contributed by atoms with Crippen LogP contribution in [0.2, 0.25) is 10.0 Å². The summed E-state index contributed by atoms with van der Waals surface area (Å²) in [7, 11) is 0. The fourth-order valence-electron chi connectivity index (χ4n) is 2.91. The monoisotopic (exact) mass is 403 g/mol. The molecular weight excluding hydrogens is 389 g/mol. The lowest BCUT2D eigenvalue weighted by atomic mass is 10.2. The fraction of sp³-hybridized carbons (Fsp3) is 0.100. The third kappa shape index (κ3) is 3.30. The molecule has 3 heterocycles. The van der Waals surface area contributed by atoms with E-state index in [-0.39, 0.29) is 0 Å². The van der Waals surface area contributed by atoms with Crippen LogP contribution >= 0.6 is 45.9 Å². The van der Waals surface area contributed by atoms with Crippen molar-refractivity contribution < 1.29 is 0 Å². The van der Waals surface area contributed by atoms with Gasteiger partial charge < -0.3 is 4.57 Å². The molecule has 0 radical (unpaired) electrons. The Morgan fingerprint density at radius 1 is 0.680 bits per heavy atom. The summed E-state index contributed by atoms with van der Waals surface area (Å²) in [6.45, 7) is 4.25. The van der Waals surface area contributed by atoms with E-state index in [9.17, 15) is 0 Å². The highest BCUT2D eigenvalue weighted by molar-refractivity contribution is 7.15. The number of thiophene rings is 2. The van der Waals surface area contributed by atoms with E-state index in [0.717, 1.165) is 17.1 Å². The van der Waals surface area contributed by atoms with Gasteiger partial charge in [-0.15, -0.1) is 22.7 Å². The predicted octanol–water partition coefficient (Wildman–Crippen LogP) is 7.86. The van der Waals surface area contributed by atoms with E-state index in [4.69, 9.17) is 23.2 Å². The van der Waals surface area contributed by atoms with Gasteiger partial charge in [-0.25, -0.2) is 0 Å². The maximum absolute atomic E-state index is 6.28. The fourth-order valence-corrected chi connectivity index (χ4v) is 5.19. The average molecular weight is 404 g/mol. The van der Waals surface area contributed by atoms with Gasteiger partial charge in [0, 0.05) is 25.5 Å². The average Bonchev–Trinajstić information content (AvgIpc) is 3.24. The summed E-state index contributed by atoms with van der Waals surface area (Å²) in [6, 6.07) is 18.7. The quantitative estimate of drug-likeness (QED) is 0.328. The Labute approximate surface area is 165 Å². The van der Waals surface area contributed by atoms with Crippen LogP contribution in [0.4, 0.5) is 0 Å². The molecule has 0 aliphatic heterocycles.